The summed E-state index contributed by atoms with van der Waals surface area (Å²) in [6, 6.07) is 11.4. The number of hydrogen-bond donors (Lipinski definition) is 2. The lowest BCUT2D eigenvalue weighted by Crippen LogP contribution is -2.18. The lowest BCUT2D eigenvalue weighted by molar-refractivity contribution is -0.274. The van der Waals surface area contributed by atoms with Crippen LogP contribution in [0.2, 0.25) is 0 Å². The SMILES string of the molecule is CCOC(=O)c1[nH]c2ccccc2c1NC(=O)c1ccc(OC(F)(F)F)cc1. The van der Waals surface area contributed by atoms with Crippen molar-refractivity contribution in [1.29, 1.82) is 0 Å². The Kier molecular flexibility index (Phi) is 5.25. The average Bonchev–Trinajstić information content (AvgIpc) is 3.00. The van der Waals surface area contributed by atoms with Gasteiger partial charge in [0.15, 0.2) is 0 Å². The Balaban J connectivity index is 1.88. The summed E-state index contributed by atoms with van der Waals surface area (Å²) in [6.45, 7) is 1.81. The van der Waals surface area contributed by atoms with Crippen LogP contribution in [0.4, 0.5) is 18.9 Å². The van der Waals surface area contributed by atoms with Gasteiger partial charge in [0.2, 0.25) is 0 Å². The van der Waals surface area contributed by atoms with Gasteiger partial charge in [-0.25, -0.2) is 4.79 Å². The number of para-hydroxylation sites is 1. The molecule has 0 saturated carbocycles. The highest BCUT2D eigenvalue weighted by molar-refractivity contribution is 6.14. The van der Waals surface area contributed by atoms with Gasteiger partial charge in [0.1, 0.15) is 11.4 Å². The Morgan fingerprint density at radius 3 is 2.39 bits per heavy atom. The van der Waals surface area contributed by atoms with E-state index in [0.29, 0.717) is 10.9 Å². The average molecular weight is 392 g/mol. The maximum atomic E-state index is 12.5. The zero-order valence-electron chi connectivity index (χ0n) is 14.6. The molecule has 6 nitrogen and oxygen atoms in total. The highest BCUT2D eigenvalue weighted by Gasteiger charge is 2.31. The Morgan fingerprint density at radius 1 is 1.07 bits per heavy atom. The van der Waals surface area contributed by atoms with E-state index in [1.165, 1.54) is 12.1 Å². The summed E-state index contributed by atoms with van der Waals surface area (Å²) < 4.78 is 45.5. The van der Waals surface area contributed by atoms with Crippen LogP contribution in [0.3, 0.4) is 0 Å². The van der Waals surface area contributed by atoms with Crippen molar-refractivity contribution in [2.45, 2.75) is 13.3 Å². The topological polar surface area (TPSA) is 80.4 Å². The quantitative estimate of drug-likeness (QED) is 0.627. The minimum Gasteiger partial charge on any atom is -0.461 e. The lowest BCUT2D eigenvalue weighted by Gasteiger charge is -2.10. The second-order valence-corrected chi connectivity index (χ2v) is 5.67. The summed E-state index contributed by atoms with van der Waals surface area (Å²) >= 11 is 0. The molecule has 1 amide bonds. The van der Waals surface area contributed by atoms with E-state index in [2.05, 4.69) is 15.0 Å². The van der Waals surface area contributed by atoms with Crippen LogP contribution < -0.4 is 10.1 Å². The first-order valence-corrected chi connectivity index (χ1v) is 8.23. The summed E-state index contributed by atoms with van der Waals surface area (Å²) in [7, 11) is 0. The van der Waals surface area contributed by atoms with Crippen LogP contribution in [-0.4, -0.2) is 29.8 Å². The molecule has 0 fully saturated rings. The standard InChI is InChI=1S/C19H15F3N2O4/c1-2-27-18(26)16-15(13-5-3-4-6-14(13)23-16)24-17(25)11-7-9-12(10-8-11)28-19(20,21)22/h3-10,23H,2H2,1H3,(H,24,25). The molecule has 0 aliphatic rings. The highest BCUT2D eigenvalue weighted by atomic mass is 19.4. The van der Waals surface area contributed by atoms with Crippen LogP contribution in [0.1, 0.15) is 27.8 Å². The number of nitrogens with one attached hydrogen (secondary N) is 2. The number of halogens is 3. The molecule has 2 aromatic carbocycles. The van der Waals surface area contributed by atoms with E-state index >= 15 is 0 Å². The van der Waals surface area contributed by atoms with Gasteiger partial charge >= 0.3 is 12.3 Å². The summed E-state index contributed by atoms with van der Waals surface area (Å²) in [5, 5.41) is 3.22. The lowest BCUT2D eigenvalue weighted by atomic mass is 10.1. The molecule has 0 atom stereocenters. The van der Waals surface area contributed by atoms with Crippen LogP contribution in [0, 0.1) is 0 Å². The number of rotatable bonds is 5. The Labute approximate surface area is 157 Å². The monoisotopic (exact) mass is 392 g/mol. The van der Waals surface area contributed by atoms with E-state index in [-0.39, 0.29) is 23.6 Å². The summed E-state index contributed by atoms with van der Waals surface area (Å²) in [5.74, 6) is -1.68. The molecule has 0 aliphatic carbocycles. The Hall–Kier alpha value is -3.49. The van der Waals surface area contributed by atoms with Crippen molar-refractivity contribution >= 4 is 28.5 Å². The fourth-order valence-corrected chi connectivity index (χ4v) is 2.62. The number of hydrogen-bond acceptors (Lipinski definition) is 4. The second kappa shape index (κ2) is 7.63. The predicted octanol–water partition coefficient (Wildman–Crippen LogP) is 4.50. The van der Waals surface area contributed by atoms with Crippen LogP contribution in [0.5, 0.6) is 5.75 Å². The van der Waals surface area contributed by atoms with Crippen LogP contribution in [0.25, 0.3) is 10.9 Å². The number of aromatic amines is 1. The predicted molar refractivity (Wildman–Crippen MR) is 95.3 cm³/mol. The number of fused-ring (bicyclic) bond motifs is 1. The third-order valence-electron chi connectivity index (χ3n) is 3.77. The van der Waals surface area contributed by atoms with Crippen molar-refractivity contribution in [2.24, 2.45) is 0 Å². The molecule has 0 aliphatic heterocycles. The summed E-state index contributed by atoms with van der Waals surface area (Å²) in [5.41, 5.74) is 1.02. The van der Waals surface area contributed by atoms with E-state index in [0.717, 1.165) is 12.1 Å². The number of carbonyl (C=O) groups is 2. The molecule has 1 heterocycles. The smallest absolute Gasteiger partial charge is 0.461 e. The Morgan fingerprint density at radius 2 is 1.75 bits per heavy atom. The van der Waals surface area contributed by atoms with Gasteiger partial charge in [-0.05, 0) is 37.3 Å². The van der Waals surface area contributed by atoms with E-state index in [1.54, 1.807) is 31.2 Å². The molecule has 9 heteroatoms. The van der Waals surface area contributed by atoms with E-state index < -0.39 is 24.0 Å². The molecule has 0 radical (unpaired) electrons. The zero-order chi connectivity index (χ0) is 20.3. The van der Waals surface area contributed by atoms with Gasteiger partial charge in [-0.3, -0.25) is 4.79 Å². The molecule has 0 saturated heterocycles. The first-order valence-electron chi connectivity index (χ1n) is 8.23. The van der Waals surface area contributed by atoms with Crippen LogP contribution in [-0.2, 0) is 4.74 Å². The first-order chi connectivity index (χ1) is 13.3. The van der Waals surface area contributed by atoms with Gasteiger partial charge in [-0.1, -0.05) is 18.2 Å². The number of anilines is 1. The van der Waals surface area contributed by atoms with E-state index in [9.17, 15) is 22.8 Å². The zero-order valence-corrected chi connectivity index (χ0v) is 14.6. The number of amides is 1. The highest BCUT2D eigenvalue weighted by Crippen LogP contribution is 2.29. The number of benzene rings is 2. The van der Waals surface area contributed by atoms with Crippen molar-refractivity contribution < 1.29 is 32.2 Å². The van der Waals surface area contributed by atoms with Gasteiger partial charge in [0.25, 0.3) is 5.91 Å². The summed E-state index contributed by atoms with van der Waals surface area (Å²) in [6.07, 6.45) is -4.82. The molecule has 2 N–H and O–H groups in total. The van der Waals surface area contributed by atoms with Gasteiger partial charge in [0.05, 0.1) is 12.3 Å². The summed E-state index contributed by atoms with van der Waals surface area (Å²) in [4.78, 5) is 27.7. The van der Waals surface area contributed by atoms with Crippen molar-refractivity contribution in [3.05, 3.63) is 59.8 Å². The minimum atomic E-state index is -4.82. The number of esters is 1. The van der Waals surface area contributed by atoms with Crippen molar-refractivity contribution in [2.75, 3.05) is 11.9 Å². The maximum Gasteiger partial charge on any atom is 0.573 e. The normalized spacial score (nSPS) is 11.3. The molecular weight excluding hydrogens is 377 g/mol. The fourth-order valence-electron chi connectivity index (χ4n) is 2.62. The number of aromatic nitrogens is 1. The largest absolute Gasteiger partial charge is 0.573 e. The number of carbonyl (C=O) groups excluding carboxylic acids is 2. The number of alkyl halides is 3. The van der Waals surface area contributed by atoms with Crippen molar-refractivity contribution in [3.8, 4) is 5.75 Å². The van der Waals surface area contributed by atoms with Gasteiger partial charge in [-0.15, -0.1) is 13.2 Å². The maximum absolute atomic E-state index is 12.5. The molecule has 0 bridgehead atoms. The second-order valence-electron chi connectivity index (χ2n) is 5.67. The molecule has 0 unspecified atom stereocenters. The van der Waals surface area contributed by atoms with Crippen molar-refractivity contribution in [3.63, 3.8) is 0 Å². The van der Waals surface area contributed by atoms with Gasteiger partial charge in [0, 0.05) is 16.5 Å². The van der Waals surface area contributed by atoms with E-state index in [1.807, 2.05) is 0 Å². The van der Waals surface area contributed by atoms with Crippen LogP contribution >= 0.6 is 0 Å². The molecular formula is C19H15F3N2O4. The third kappa shape index (κ3) is 4.25. The van der Waals surface area contributed by atoms with Gasteiger partial charge in [-0.2, -0.15) is 0 Å². The number of H-pyrrole nitrogens is 1. The minimum absolute atomic E-state index is 0.0772. The first kappa shape index (κ1) is 19.3. The van der Waals surface area contributed by atoms with Crippen LogP contribution in [0.15, 0.2) is 48.5 Å². The molecule has 0 spiro atoms. The van der Waals surface area contributed by atoms with E-state index in [4.69, 9.17) is 4.74 Å². The molecule has 28 heavy (non-hydrogen) atoms. The van der Waals surface area contributed by atoms with Gasteiger partial charge < -0.3 is 19.8 Å². The molecule has 1 aromatic heterocycles. The third-order valence-corrected chi connectivity index (χ3v) is 3.77. The fraction of sp³-hybridized carbons (Fsp3) is 0.158. The molecule has 146 valence electrons. The van der Waals surface area contributed by atoms with Crippen molar-refractivity contribution in [1.82, 2.24) is 4.98 Å². The molecule has 3 rings (SSSR count). The molecule has 3 aromatic rings. The number of ether oxygens (including phenoxy) is 2. The Bertz CT molecular complexity index is 1010.